The summed E-state index contributed by atoms with van der Waals surface area (Å²) in [5.74, 6) is -0.348. The Morgan fingerprint density at radius 2 is 1.96 bits per heavy atom. The lowest BCUT2D eigenvalue weighted by atomic mass is 10.2. The lowest BCUT2D eigenvalue weighted by molar-refractivity contribution is -0.116. The summed E-state index contributed by atoms with van der Waals surface area (Å²) in [5, 5.41) is 0. The van der Waals surface area contributed by atoms with Gasteiger partial charge in [0.2, 0.25) is 15.9 Å². The van der Waals surface area contributed by atoms with E-state index in [1.54, 1.807) is 23.1 Å². The Morgan fingerprint density at radius 3 is 2.64 bits per heavy atom. The van der Waals surface area contributed by atoms with Gasteiger partial charge < -0.3 is 9.64 Å². The van der Waals surface area contributed by atoms with Crippen molar-refractivity contribution in [3.05, 3.63) is 53.8 Å². The fraction of sp³-hybridized carbons (Fsp3) is 0.235. The topological polar surface area (TPSA) is 75.7 Å². The van der Waals surface area contributed by atoms with Crippen molar-refractivity contribution >= 4 is 27.3 Å². The number of carbonyl (C=O) groups excluding carboxylic acids is 1. The molecule has 0 aliphatic carbocycles. The van der Waals surface area contributed by atoms with E-state index in [1.807, 2.05) is 0 Å². The molecular formula is C17H17FN2O4S. The summed E-state index contributed by atoms with van der Waals surface area (Å²) in [7, 11) is -3.67. The number of nitrogens with one attached hydrogen (secondary N) is 1. The number of sulfonamides is 1. The van der Waals surface area contributed by atoms with E-state index in [1.165, 1.54) is 31.2 Å². The van der Waals surface area contributed by atoms with Gasteiger partial charge in [0.05, 0.1) is 23.7 Å². The zero-order valence-electron chi connectivity index (χ0n) is 13.5. The number of amides is 1. The molecule has 1 heterocycles. The average molecular weight is 364 g/mol. The molecule has 0 atom stereocenters. The van der Waals surface area contributed by atoms with Crippen LogP contribution in [0.4, 0.5) is 15.8 Å². The van der Waals surface area contributed by atoms with Gasteiger partial charge in [0.1, 0.15) is 18.2 Å². The number of hydrogen-bond donors (Lipinski definition) is 1. The lowest BCUT2D eigenvalue weighted by Crippen LogP contribution is -2.36. The van der Waals surface area contributed by atoms with Crippen molar-refractivity contribution in [3.8, 4) is 5.75 Å². The Bertz CT molecular complexity index is 897. The molecule has 1 aliphatic heterocycles. The van der Waals surface area contributed by atoms with Gasteiger partial charge in [0, 0.05) is 13.0 Å². The van der Waals surface area contributed by atoms with Gasteiger partial charge in [-0.2, -0.15) is 0 Å². The summed E-state index contributed by atoms with van der Waals surface area (Å²) < 4.78 is 45.5. The Morgan fingerprint density at radius 1 is 1.24 bits per heavy atom. The van der Waals surface area contributed by atoms with Gasteiger partial charge in [-0.1, -0.05) is 12.1 Å². The van der Waals surface area contributed by atoms with E-state index in [4.69, 9.17) is 4.74 Å². The van der Waals surface area contributed by atoms with Crippen LogP contribution in [-0.4, -0.2) is 27.5 Å². The molecule has 0 unspecified atom stereocenters. The fourth-order valence-corrected chi connectivity index (χ4v) is 3.82. The third kappa shape index (κ3) is 4.08. The third-order valence-corrected chi connectivity index (χ3v) is 5.01. The number of fused-ring (bicyclic) bond motifs is 1. The summed E-state index contributed by atoms with van der Waals surface area (Å²) >= 11 is 0. The quantitative estimate of drug-likeness (QED) is 0.904. The third-order valence-electron chi connectivity index (χ3n) is 3.75. The van der Waals surface area contributed by atoms with Crippen molar-refractivity contribution in [2.45, 2.75) is 12.7 Å². The van der Waals surface area contributed by atoms with E-state index in [9.17, 15) is 17.6 Å². The predicted molar refractivity (Wildman–Crippen MR) is 92.6 cm³/mol. The van der Waals surface area contributed by atoms with E-state index in [2.05, 4.69) is 4.72 Å². The molecular weight excluding hydrogens is 347 g/mol. The summed E-state index contributed by atoms with van der Waals surface area (Å²) in [4.78, 5) is 13.2. The highest BCUT2D eigenvalue weighted by atomic mass is 32.2. The van der Waals surface area contributed by atoms with E-state index < -0.39 is 15.8 Å². The molecule has 1 aliphatic rings. The first-order chi connectivity index (χ1) is 11.8. The minimum absolute atomic E-state index is 0.103. The minimum atomic E-state index is -3.67. The molecule has 0 fully saturated rings. The SMILES string of the molecule is CC(=O)N1CCOc2cc(NS(=O)(=O)Cc3ccc(F)cc3)ccc21. The summed E-state index contributed by atoms with van der Waals surface area (Å²) in [5.41, 5.74) is 1.43. The van der Waals surface area contributed by atoms with Crippen LogP contribution in [0.5, 0.6) is 5.75 Å². The highest BCUT2D eigenvalue weighted by molar-refractivity contribution is 7.91. The number of anilines is 2. The Kier molecular flexibility index (Phi) is 4.63. The van der Waals surface area contributed by atoms with E-state index >= 15 is 0 Å². The maximum Gasteiger partial charge on any atom is 0.236 e. The van der Waals surface area contributed by atoms with Crippen molar-refractivity contribution in [2.75, 3.05) is 22.8 Å². The average Bonchev–Trinajstić information content (AvgIpc) is 2.55. The normalized spacial score (nSPS) is 13.8. The molecule has 0 saturated heterocycles. The monoisotopic (exact) mass is 364 g/mol. The van der Waals surface area contributed by atoms with Crippen LogP contribution in [0.1, 0.15) is 12.5 Å². The molecule has 0 saturated carbocycles. The first-order valence-electron chi connectivity index (χ1n) is 7.64. The number of benzene rings is 2. The zero-order valence-corrected chi connectivity index (χ0v) is 14.3. The second kappa shape index (κ2) is 6.72. The second-order valence-electron chi connectivity index (χ2n) is 5.69. The van der Waals surface area contributed by atoms with Gasteiger partial charge in [0.15, 0.2) is 0 Å². The van der Waals surface area contributed by atoms with Gasteiger partial charge in [-0.3, -0.25) is 9.52 Å². The van der Waals surface area contributed by atoms with Gasteiger partial charge >= 0.3 is 0 Å². The van der Waals surface area contributed by atoms with Gasteiger partial charge in [0.25, 0.3) is 0 Å². The first-order valence-corrected chi connectivity index (χ1v) is 9.29. The maximum absolute atomic E-state index is 12.9. The van der Waals surface area contributed by atoms with E-state index in [-0.39, 0.29) is 11.7 Å². The molecule has 0 spiro atoms. The van der Waals surface area contributed by atoms with Crippen molar-refractivity contribution in [1.29, 1.82) is 0 Å². The van der Waals surface area contributed by atoms with Crippen molar-refractivity contribution in [3.63, 3.8) is 0 Å². The molecule has 1 N–H and O–H groups in total. The van der Waals surface area contributed by atoms with Crippen LogP contribution in [0.2, 0.25) is 0 Å². The number of ether oxygens (including phenoxy) is 1. The lowest BCUT2D eigenvalue weighted by Gasteiger charge is -2.29. The molecule has 8 heteroatoms. The summed E-state index contributed by atoms with van der Waals surface area (Å²) in [6.07, 6.45) is 0. The van der Waals surface area contributed by atoms with Crippen LogP contribution in [-0.2, 0) is 20.6 Å². The number of carbonyl (C=O) groups is 1. The zero-order chi connectivity index (χ0) is 18.0. The second-order valence-corrected chi connectivity index (χ2v) is 7.41. The smallest absolute Gasteiger partial charge is 0.236 e. The number of hydrogen-bond acceptors (Lipinski definition) is 4. The Labute approximate surface area is 145 Å². The summed E-state index contributed by atoms with van der Waals surface area (Å²) in [6, 6.07) is 10.1. The molecule has 6 nitrogen and oxygen atoms in total. The molecule has 25 heavy (non-hydrogen) atoms. The first kappa shape index (κ1) is 17.2. The Balaban J connectivity index is 1.78. The van der Waals surface area contributed by atoms with Crippen LogP contribution < -0.4 is 14.4 Å². The number of rotatable bonds is 4. The highest BCUT2D eigenvalue weighted by Gasteiger charge is 2.22. The minimum Gasteiger partial charge on any atom is -0.489 e. The molecule has 0 aromatic heterocycles. The van der Waals surface area contributed by atoms with Crippen molar-refractivity contribution in [2.24, 2.45) is 0 Å². The molecule has 2 aromatic carbocycles. The number of nitrogens with zero attached hydrogens (tertiary/aromatic N) is 1. The molecule has 132 valence electrons. The van der Waals surface area contributed by atoms with Gasteiger partial charge in [-0.15, -0.1) is 0 Å². The maximum atomic E-state index is 12.9. The van der Waals surface area contributed by atoms with E-state index in [0.29, 0.717) is 35.8 Å². The molecule has 3 rings (SSSR count). The van der Waals surface area contributed by atoms with Crippen LogP contribution in [0.3, 0.4) is 0 Å². The molecule has 1 amide bonds. The fourth-order valence-electron chi connectivity index (χ4n) is 2.63. The summed E-state index contributed by atoms with van der Waals surface area (Å²) in [6.45, 7) is 2.27. The van der Waals surface area contributed by atoms with Crippen molar-refractivity contribution in [1.82, 2.24) is 0 Å². The standard InChI is InChI=1S/C17H17FN2O4S/c1-12(21)20-8-9-24-17-10-15(6-7-16(17)20)19-25(22,23)11-13-2-4-14(18)5-3-13/h2-7,10,19H,8-9,11H2,1H3. The van der Waals surface area contributed by atoms with E-state index in [0.717, 1.165) is 0 Å². The van der Waals surface area contributed by atoms with Crippen molar-refractivity contribution < 1.29 is 22.3 Å². The van der Waals surface area contributed by atoms with Gasteiger partial charge in [-0.05, 0) is 29.8 Å². The molecule has 2 aromatic rings. The Hall–Kier alpha value is -2.61. The number of halogens is 1. The van der Waals surface area contributed by atoms with Crippen LogP contribution in [0, 0.1) is 5.82 Å². The largest absolute Gasteiger partial charge is 0.489 e. The van der Waals surface area contributed by atoms with Crippen LogP contribution >= 0.6 is 0 Å². The van der Waals surface area contributed by atoms with Crippen LogP contribution in [0.15, 0.2) is 42.5 Å². The highest BCUT2D eigenvalue weighted by Crippen LogP contribution is 2.34. The molecule has 0 radical (unpaired) electrons. The van der Waals surface area contributed by atoms with Gasteiger partial charge in [-0.25, -0.2) is 12.8 Å². The molecule has 0 bridgehead atoms. The predicted octanol–water partition coefficient (Wildman–Crippen LogP) is 2.51. The van der Waals surface area contributed by atoms with Crippen LogP contribution in [0.25, 0.3) is 0 Å².